The van der Waals surface area contributed by atoms with Crippen molar-refractivity contribution in [2.24, 2.45) is 0 Å². The molecule has 8 heteroatoms. The van der Waals surface area contributed by atoms with Crippen LogP contribution in [0.4, 0.5) is 11.6 Å². The molecule has 0 bridgehead atoms. The van der Waals surface area contributed by atoms with Crippen molar-refractivity contribution in [3.05, 3.63) is 56.4 Å². The van der Waals surface area contributed by atoms with Crippen LogP contribution in [0.25, 0.3) is 0 Å². The molecule has 0 aliphatic carbocycles. The first-order valence-corrected chi connectivity index (χ1v) is 10.6. The molecule has 28 heavy (non-hydrogen) atoms. The standard InChI is InChI=1S/C20H21BrN4O2S/c1-26-14-3-5-18(27-2)17(9-14)24-20-22-10-13-11-25(8-7-16(13)23-20)12-15-4-6-19(21)28-15/h3-6,9-10H,7-8,11-12H2,1-2H3,(H,22,23,24). The van der Waals surface area contributed by atoms with Gasteiger partial charge in [0.15, 0.2) is 0 Å². The van der Waals surface area contributed by atoms with Crippen LogP contribution < -0.4 is 14.8 Å². The minimum absolute atomic E-state index is 0.570. The van der Waals surface area contributed by atoms with E-state index in [0.29, 0.717) is 5.95 Å². The predicted molar refractivity (Wildman–Crippen MR) is 115 cm³/mol. The molecular formula is C20H21BrN4O2S. The summed E-state index contributed by atoms with van der Waals surface area (Å²) in [5.41, 5.74) is 3.07. The lowest BCUT2D eigenvalue weighted by molar-refractivity contribution is 0.245. The first-order valence-electron chi connectivity index (χ1n) is 8.95. The molecule has 0 unspecified atom stereocenters. The fourth-order valence-corrected chi connectivity index (χ4v) is 4.78. The molecule has 0 amide bonds. The third kappa shape index (κ3) is 4.29. The van der Waals surface area contributed by atoms with Gasteiger partial charge in [-0.3, -0.25) is 4.90 Å². The molecule has 2 aromatic heterocycles. The van der Waals surface area contributed by atoms with Crippen molar-refractivity contribution >= 4 is 38.9 Å². The summed E-state index contributed by atoms with van der Waals surface area (Å²) in [6.45, 7) is 2.81. The van der Waals surface area contributed by atoms with Gasteiger partial charge in [-0.1, -0.05) is 0 Å². The molecular weight excluding hydrogens is 440 g/mol. The summed E-state index contributed by atoms with van der Waals surface area (Å²) in [4.78, 5) is 13.0. The van der Waals surface area contributed by atoms with E-state index >= 15 is 0 Å². The highest BCUT2D eigenvalue weighted by atomic mass is 79.9. The number of fused-ring (bicyclic) bond motifs is 1. The molecule has 0 saturated heterocycles. The maximum atomic E-state index is 5.42. The Morgan fingerprint density at radius 1 is 1.21 bits per heavy atom. The number of ether oxygens (including phenoxy) is 2. The molecule has 6 nitrogen and oxygen atoms in total. The fraction of sp³-hybridized carbons (Fsp3) is 0.300. The Balaban J connectivity index is 1.48. The average molecular weight is 461 g/mol. The Labute approximate surface area is 176 Å². The number of aromatic nitrogens is 2. The summed E-state index contributed by atoms with van der Waals surface area (Å²) < 4.78 is 11.9. The molecule has 0 radical (unpaired) electrons. The van der Waals surface area contributed by atoms with E-state index in [1.807, 2.05) is 24.4 Å². The number of methoxy groups -OCH3 is 2. The Kier molecular flexibility index (Phi) is 5.79. The van der Waals surface area contributed by atoms with Gasteiger partial charge in [-0.25, -0.2) is 9.97 Å². The maximum absolute atomic E-state index is 5.42. The van der Waals surface area contributed by atoms with E-state index in [2.05, 4.69) is 43.3 Å². The molecule has 146 valence electrons. The van der Waals surface area contributed by atoms with Gasteiger partial charge in [-0.05, 0) is 40.2 Å². The van der Waals surface area contributed by atoms with Crippen LogP contribution in [-0.2, 0) is 19.5 Å². The second-order valence-electron chi connectivity index (χ2n) is 6.52. The Hall–Kier alpha value is -2.16. The summed E-state index contributed by atoms with van der Waals surface area (Å²) in [7, 11) is 3.28. The quantitative estimate of drug-likeness (QED) is 0.578. The van der Waals surface area contributed by atoms with E-state index < -0.39 is 0 Å². The van der Waals surface area contributed by atoms with Gasteiger partial charge < -0.3 is 14.8 Å². The van der Waals surface area contributed by atoms with Crippen LogP contribution in [0, 0.1) is 0 Å². The Morgan fingerprint density at radius 2 is 2.11 bits per heavy atom. The largest absolute Gasteiger partial charge is 0.497 e. The van der Waals surface area contributed by atoms with E-state index in [1.54, 1.807) is 25.6 Å². The third-order valence-corrected chi connectivity index (χ3v) is 6.28. The van der Waals surface area contributed by atoms with E-state index in [-0.39, 0.29) is 0 Å². The molecule has 1 N–H and O–H groups in total. The lowest BCUT2D eigenvalue weighted by Gasteiger charge is -2.27. The highest BCUT2D eigenvalue weighted by molar-refractivity contribution is 9.11. The minimum Gasteiger partial charge on any atom is -0.497 e. The molecule has 3 aromatic rings. The molecule has 0 spiro atoms. The van der Waals surface area contributed by atoms with Crippen molar-refractivity contribution in [1.82, 2.24) is 14.9 Å². The monoisotopic (exact) mass is 460 g/mol. The SMILES string of the molecule is COc1ccc(OC)c(Nc2ncc3c(n2)CCN(Cc2ccc(Br)s2)C3)c1. The predicted octanol–water partition coefficient (Wildman–Crippen LogP) is 4.62. The Bertz CT molecular complexity index is 979. The summed E-state index contributed by atoms with van der Waals surface area (Å²) in [6, 6.07) is 9.88. The van der Waals surface area contributed by atoms with Crippen molar-refractivity contribution in [3.63, 3.8) is 0 Å². The minimum atomic E-state index is 0.570. The van der Waals surface area contributed by atoms with Crippen molar-refractivity contribution in [1.29, 1.82) is 0 Å². The van der Waals surface area contributed by atoms with E-state index in [4.69, 9.17) is 14.5 Å². The van der Waals surface area contributed by atoms with Gasteiger partial charge in [0.05, 0.1) is 29.4 Å². The Morgan fingerprint density at radius 3 is 2.86 bits per heavy atom. The lowest BCUT2D eigenvalue weighted by atomic mass is 10.1. The van der Waals surface area contributed by atoms with Crippen LogP contribution in [-0.4, -0.2) is 35.6 Å². The number of halogens is 1. The van der Waals surface area contributed by atoms with Crippen molar-refractivity contribution in [2.45, 2.75) is 19.5 Å². The summed E-state index contributed by atoms with van der Waals surface area (Å²) in [6.07, 6.45) is 2.84. The van der Waals surface area contributed by atoms with Gasteiger partial charge in [0.2, 0.25) is 5.95 Å². The van der Waals surface area contributed by atoms with E-state index in [9.17, 15) is 0 Å². The lowest BCUT2D eigenvalue weighted by Crippen LogP contribution is -2.30. The fourth-order valence-electron chi connectivity index (χ4n) is 3.26. The number of benzene rings is 1. The number of hydrogen-bond acceptors (Lipinski definition) is 7. The number of thiophene rings is 1. The van der Waals surface area contributed by atoms with Crippen molar-refractivity contribution < 1.29 is 9.47 Å². The molecule has 1 aromatic carbocycles. The zero-order chi connectivity index (χ0) is 19.5. The first-order chi connectivity index (χ1) is 13.6. The summed E-state index contributed by atoms with van der Waals surface area (Å²) in [5, 5.41) is 3.26. The van der Waals surface area contributed by atoms with E-state index in [0.717, 1.165) is 48.9 Å². The highest BCUT2D eigenvalue weighted by Gasteiger charge is 2.19. The van der Waals surface area contributed by atoms with Crippen molar-refractivity contribution in [2.75, 3.05) is 26.1 Å². The van der Waals surface area contributed by atoms with Gasteiger partial charge in [0, 0.05) is 48.8 Å². The van der Waals surface area contributed by atoms with Crippen LogP contribution in [0.1, 0.15) is 16.1 Å². The molecule has 0 fully saturated rings. The van der Waals surface area contributed by atoms with Gasteiger partial charge in [0.1, 0.15) is 11.5 Å². The van der Waals surface area contributed by atoms with Crippen LogP contribution in [0.2, 0.25) is 0 Å². The molecule has 4 rings (SSSR count). The molecule has 1 aliphatic heterocycles. The van der Waals surface area contributed by atoms with Crippen LogP contribution in [0.15, 0.2) is 40.3 Å². The summed E-state index contributed by atoms with van der Waals surface area (Å²) >= 11 is 5.32. The van der Waals surface area contributed by atoms with Gasteiger partial charge in [-0.15, -0.1) is 11.3 Å². The zero-order valence-electron chi connectivity index (χ0n) is 15.7. The van der Waals surface area contributed by atoms with Crippen molar-refractivity contribution in [3.8, 4) is 11.5 Å². The highest BCUT2D eigenvalue weighted by Crippen LogP contribution is 2.31. The third-order valence-electron chi connectivity index (χ3n) is 4.67. The molecule has 1 aliphatic rings. The van der Waals surface area contributed by atoms with Crippen LogP contribution in [0.3, 0.4) is 0 Å². The first kappa shape index (κ1) is 19.2. The second kappa shape index (κ2) is 8.46. The second-order valence-corrected chi connectivity index (χ2v) is 9.07. The summed E-state index contributed by atoms with van der Waals surface area (Å²) in [5.74, 6) is 2.04. The van der Waals surface area contributed by atoms with E-state index in [1.165, 1.54) is 14.2 Å². The number of nitrogens with zero attached hydrogens (tertiary/aromatic N) is 3. The normalized spacial score (nSPS) is 13.8. The number of anilines is 2. The maximum Gasteiger partial charge on any atom is 0.227 e. The molecule has 0 saturated carbocycles. The zero-order valence-corrected chi connectivity index (χ0v) is 18.1. The molecule has 3 heterocycles. The van der Waals surface area contributed by atoms with Gasteiger partial charge in [-0.2, -0.15) is 0 Å². The topological polar surface area (TPSA) is 59.5 Å². The average Bonchev–Trinajstić information content (AvgIpc) is 3.12. The van der Waals surface area contributed by atoms with Crippen LogP contribution in [0.5, 0.6) is 11.5 Å². The smallest absolute Gasteiger partial charge is 0.227 e. The number of nitrogens with one attached hydrogen (secondary N) is 1. The van der Waals surface area contributed by atoms with Gasteiger partial charge >= 0.3 is 0 Å². The van der Waals surface area contributed by atoms with Gasteiger partial charge in [0.25, 0.3) is 0 Å². The number of rotatable bonds is 6. The van der Waals surface area contributed by atoms with Crippen LogP contribution >= 0.6 is 27.3 Å². The number of hydrogen-bond donors (Lipinski definition) is 1. The molecule has 0 atom stereocenters.